The van der Waals surface area contributed by atoms with Crippen LogP contribution < -0.4 is 5.73 Å². The summed E-state index contributed by atoms with van der Waals surface area (Å²) in [4.78, 5) is 0. The molecule has 1 aromatic carbocycles. The van der Waals surface area contributed by atoms with Crippen molar-refractivity contribution >= 4 is 0 Å². The van der Waals surface area contributed by atoms with E-state index < -0.39 is 5.60 Å². The van der Waals surface area contributed by atoms with Crippen LogP contribution in [0.5, 0.6) is 0 Å². The lowest BCUT2D eigenvalue weighted by atomic mass is 9.91. The van der Waals surface area contributed by atoms with Crippen molar-refractivity contribution in [3.63, 3.8) is 0 Å². The molecule has 1 aliphatic rings. The van der Waals surface area contributed by atoms with Crippen molar-refractivity contribution in [3.8, 4) is 0 Å². The van der Waals surface area contributed by atoms with Gasteiger partial charge in [-0.3, -0.25) is 0 Å². The van der Waals surface area contributed by atoms with Crippen LogP contribution in [0.4, 0.5) is 4.39 Å². The van der Waals surface area contributed by atoms with E-state index in [9.17, 15) is 9.50 Å². The maximum atomic E-state index is 13.4. The smallest absolute Gasteiger partial charge is 0.129 e. The van der Waals surface area contributed by atoms with Crippen LogP contribution >= 0.6 is 0 Å². The van der Waals surface area contributed by atoms with E-state index in [-0.39, 0.29) is 11.9 Å². The van der Waals surface area contributed by atoms with Crippen molar-refractivity contribution in [2.75, 3.05) is 0 Å². The lowest BCUT2D eigenvalue weighted by molar-refractivity contribution is 0.0394. The van der Waals surface area contributed by atoms with Crippen LogP contribution in [0.2, 0.25) is 0 Å². The maximum Gasteiger partial charge on any atom is 0.129 e. The monoisotopic (exact) mass is 195 g/mol. The molecule has 1 fully saturated rings. The van der Waals surface area contributed by atoms with Crippen LogP contribution in [0.1, 0.15) is 24.8 Å². The molecule has 1 aliphatic carbocycles. The zero-order valence-corrected chi connectivity index (χ0v) is 7.91. The van der Waals surface area contributed by atoms with Crippen LogP contribution in [-0.2, 0) is 5.60 Å². The van der Waals surface area contributed by atoms with Gasteiger partial charge in [-0.1, -0.05) is 18.2 Å². The Labute approximate surface area is 82.5 Å². The van der Waals surface area contributed by atoms with Crippen molar-refractivity contribution in [2.45, 2.75) is 30.9 Å². The molecule has 14 heavy (non-hydrogen) atoms. The van der Waals surface area contributed by atoms with Gasteiger partial charge in [0.2, 0.25) is 0 Å². The van der Waals surface area contributed by atoms with Gasteiger partial charge in [0, 0.05) is 11.6 Å². The fourth-order valence-electron chi connectivity index (χ4n) is 2.15. The highest BCUT2D eigenvalue weighted by molar-refractivity contribution is 5.25. The van der Waals surface area contributed by atoms with E-state index in [1.807, 2.05) is 0 Å². The first-order chi connectivity index (χ1) is 6.62. The van der Waals surface area contributed by atoms with Crippen molar-refractivity contribution in [1.29, 1.82) is 0 Å². The first kappa shape index (κ1) is 9.62. The molecule has 2 unspecified atom stereocenters. The summed E-state index contributed by atoms with van der Waals surface area (Å²) >= 11 is 0. The van der Waals surface area contributed by atoms with Crippen LogP contribution in [-0.4, -0.2) is 11.1 Å². The zero-order chi connectivity index (χ0) is 10.2. The van der Waals surface area contributed by atoms with E-state index in [0.29, 0.717) is 18.4 Å². The molecule has 2 atom stereocenters. The molecular formula is C11H14FNO. The molecule has 3 heteroatoms. The van der Waals surface area contributed by atoms with E-state index in [4.69, 9.17) is 5.73 Å². The number of aliphatic hydroxyl groups is 1. The fourth-order valence-corrected chi connectivity index (χ4v) is 2.15. The largest absolute Gasteiger partial charge is 0.385 e. The minimum Gasteiger partial charge on any atom is -0.385 e. The summed E-state index contributed by atoms with van der Waals surface area (Å²) in [6, 6.07) is 6.35. The minimum atomic E-state index is -1.05. The van der Waals surface area contributed by atoms with Gasteiger partial charge < -0.3 is 10.8 Å². The second-order valence-corrected chi connectivity index (χ2v) is 4.01. The molecular weight excluding hydrogens is 181 g/mol. The van der Waals surface area contributed by atoms with Gasteiger partial charge in [-0.15, -0.1) is 0 Å². The van der Waals surface area contributed by atoms with Crippen molar-refractivity contribution in [2.24, 2.45) is 5.73 Å². The van der Waals surface area contributed by atoms with Gasteiger partial charge in [0.15, 0.2) is 0 Å². The molecule has 2 rings (SSSR count). The Morgan fingerprint density at radius 1 is 1.43 bits per heavy atom. The van der Waals surface area contributed by atoms with Gasteiger partial charge >= 0.3 is 0 Å². The van der Waals surface area contributed by atoms with Gasteiger partial charge in [-0.05, 0) is 25.3 Å². The normalized spacial score (nSPS) is 32.1. The number of hydrogen-bond acceptors (Lipinski definition) is 2. The minimum absolute atomic E-state index is 0.0143. The summed E-state index contributed by atoms with van der Waals surface area (Å²) in [5, 5.41) is 10.2. The van der Waals surface area contributed by atoms with E-state index >= 15 is 0 Å². The molecule has 0 spiro atoms. The molecule has 1 aromatic rings. The third kappa shape index (κ3) is 1.53. The van der Waals surface area contributed by atoms with E-state index in [2.05, 4.69) is 0 Å². The Kier molecular flexibility index (Phi) is 2.29. The zero-order valence-electron chi connectivity index (χ0n) is 7.91. The predicted octanol–water partition coefficient (Wildman–Crippen LogP) is 1.52. The molecule has 76 valence electrons. The fraction of sp³-hybridized carbons (Fsp3) is 0.455. The summed E-state index contributed by atoms with van der Waals surface area (Å²) in [6.45, 7) is 0. The Morgan fingerprint density at radius 3 is 2.71 bits per heavy atom. The quantitative estimate of drug-likeness (QED) is 0.713. The van der Waals surface area contributed by atoms with E-state index in [1.165, 1.54) is 6.07 Å². The molecule has 0 heterocycles. The molecule has 0 saturated heterocycles. The summed E-state index contributed by atoms with van der Waals surface area (Å²) in [7, 11) is 0. The highest BCUT2D eigenvalue weighted by Gasteiger charge is 2.38. The number of hydrogen-bond donors (Lipinski definition) is 2. The van der Waals surface area contributed by atoms with Gasteiger partial charge in [0.1, 0.15) is 5.82 Å². The van der Waals surface area contributed by atoms with Gasteiger partial charge in [-0.25, -0.2) is 4.39 Å². The predicted molar refractivity (Wildman–Crippen MR) is 52.1 cm³/mol. The molecule has 3 N–H and O–H groups in total. The van der Waals surface area contributed by atoms with Gasteiger partial charge in [0.25, 0.3) is 0 Å². The van der Waals surface area contributed by atoms with E-state index in [1.54, 1.807) is 18.2 Å². The third-order valence-electron chi connectivity index (χ3n) is 2.90. The van der Waals surface area contributed by atoms with Crippen molar-refractivity contribution < 1.29 is 9.50 Å². The molecule has 1 saturated carbocycles. The summed E-state index contributed by atoms with van der Waals surface area (Å²) in [5.41, 5.74) is 5.05. The maximum absolute atomic E-state index is 13.4. The Morgan fingerprint density at radius 2 is 2.14 bits per heavy atom. The highest BCUT2D eigenvalue weighted by Crippen LogP contribution is 2.38. The van der Waals surface area contributed by atoms with Crippen molar-refractivity contribution in [1.82, 2.24) is 0 Å². The number of benzene rings is 1. The molecule has 0 bridgehead atoms. The van der Waals surface area contributed by atoms with Crippen LogP contribution in [0.3, 0.4) is 0 Å². The summed E-state index contributed by atoms with van der Waals surface area (Å²) in [5.74, 6) is -0.343. The second kappa shape index (κ2) is 3.33. The van der Waals surface area contributed by atoms with Crippen molar-refractivity contribution in [3.05, 3.63) is 35.6 Å². The van der Waals surface area contributed by atoms with Crippen LogP contribution in [0.15, 0.2) is 24.3 Å². The van der Waals surface area contributed by atoms with Gasteiger partial charge in [0.05, 0.1) is 5.60 Å². The molecule has 0 radical (unpaired) electrons. The Bertz CT molecular complexity index is 342. The number of halogens is 1. The number of nitrogens with two attached hydrogens (primary N) is 1. The Balaban J connectivity index is 2.35. The topological polar surface area (TPSA) is 46.2 Å². The molecule has 0 amide bonds. The first-order valence-corrected chi connectivity index (χ1v) is 4.85. The third-order valence-corrected chi connectivity index (χ3v) is 2.90. The average Bonchev–Trinajstić information content (AvgIpc) is 2.48. The summed E-state index contributed by atoms with van der Waals surface area (Å²) < 4.78 is 13.4. The SMILES string of the molecule is NC1CCC(O)(c2ccccc2F)C1. The van der Waals surface area contributed by atoms with Gasteiger partial charge in [-0.2, -0.15) is 0 Å². The standard InChI is InChI=1S/C11H14FNO/c12-10-4-2-1-3-9(10)11(14)6-5-8(13)7-11/h1-4,8,14H,5-7,13H2. The first-order valence-electron chi connectivity index (χ1n) is 4.85. The Hall–Kier alpha value is -0.930. The van der Waals surface area contributed by atoms with E-state index in [0.717, 1.165) is 6.42 Å². The summed E-state index contributed by atoms with van der Waals surface area (Å²) in [6.07, 6.45) is 1.76. The number of rotatable bonds is 1. The molecule has 2 nitrogen and oxygen atoms in total. The lowest BCUT2D eigenvalue weighted by Crippen LogP contribution is -2.26. The van der Waals surface area contributed by atoms with Crippen LogP contribution in [0, 0.1) is 5.82 Å². The highest BCUT2D eigenvalue weighted by atomic mass is 19.1. The second-order valence-electron chi connectivity index (χ2n) is 4.01. The molecule has 0 aliphatic heterocycles. The van der Waals surface area contributed by atoms with Crippen LogP contribution in [0.25, 0.3) is 0 Å². The lowest BCUT2D eigenvalue weighted by Gasteiger charge is -2.23. The average molecular weight is 195 g/mol. The molecule has 0 aromatic heterocycles.